The highest BCUT2D eigenvalue weighted by Crippen LogP contribution is 2.36. The van der Waals surface area contributed by atoms with Gasteiger partial charge in [-0.1, -0.05) is 0 Å². The molecular formula is C22H24N2O2. The molecule has 134 valence electrons. The molecule has 0 heterocycles. The van der Waals surface area contributed by atoms with E-state index < -0.39 is 0 Å². The molecule has 2 aliphatic carbocycles. The van der Waals surface area contributed by atoms with Crippen LogP contribution in [0.15, 0.2) is 58.7 Å². The number of rotatable bonds is 7. The number of hydrogen-bond acceptors (Lipinski definition) is 4. The van der Waals surface area contributed by atoms with Crippen molar-refractivity contribution in [2.24, 2.45) is 22.0 Å². The summed E-state index contributed by atoms with van der Waals surface area (Å²) in [4.78, 5) is 0. The van der Waals surface area contributed by atoms with E-state index in [0.717, 1.165) is 34.0 Å². The molecule has 26 heavy (non-hydrogen) atoms. The first-order valence-corrected chi connectivity index (χ1v) is 9.23. The van der Waals surface area contributed by atoms with Crippen molar-refractivity contribution in [3.8, 4) is 11.5 Å². The van der Waals surface area contributed by atoms with Crippen LogP contribution in [-0.2, 0) is 0 Å². The Kier molecular flexibility index (Phi) is 4.74. The van der Waals surface area contributed by atoms with Gasteiger partial charge >= 0.3 is 0 Å². The predicted molar refractivity (Wildman–Crippen MR) is 105 cm³/mol. The van der Waals surface area contributed by atoms with Crippen LogP contribution in [-0.4, -0.2) is 25.6 Å². The summed E-state index contributed by atoms with van der Waals surface area (Å²) < 4.78 is 10.5. The van der Waals surface area contributed by atoms with Crippen molar-refractivity contribution in [3.05, 3.63) is 59.7 Å². The molecule has 2 saturated carbocycles. The first-order chi connectivity index (χ1) is 12.8. The molecule has 0 radical (unpaired) electrons. The lowest BCUT2D eigenvalue weighted by atomic mass is 10.1. The lowest BCUT2D eigenvalue weighted by Gasteiger charge is -2.07. The maximum absolute atomic E-state index is 5.26. The van der Waals surface area contributed by atoms with Crippen LogP contribution in [0, 0.1) is 11.8 Å². The van der Waals surface area contributed by atoms with Gasteiger partial charge in [-0.2, -0.15) is 10.2 Å². The van der Waals surface area contributed by atoms with Gasteiger partial charge in [0.1, 0.15) is 11.5 Å². The third-order valence-electron chi connectivity index (χ3n) is 4.97. The van der Waals surface area contributed by atoms with Crippen molar-refractivity contribution < 1.29 is 9.47 Å². The van der Waals surface area contributed by atoms with E-state index in [2.05, 4.69) is 24.3 Å². The van der Waals surface area contributed by atoms with Crippen LogP contribution >= 0.6 is 0 Å². The second kappa shape index (κ2) is 7.32. The van der Waals surface area contributed by atoms with Gasteiger partial charge in [0.2, 0.25) is 0 Å². The number of benzene rings is 2. The minimum atomic E-state index is 0.531. The number of methoxy groups -OCH3 is 2. The molecule has 0 saturated heterocycles. The fourth-order valence-corrected chi connectivity index (χ4v) is 3.10. The Labute approximate surface area is 154 Å². The van der Waals surface area contributed by atoms with E-state index >= 15 is 0 Å². The van der Waals surface area contributed by atoms with Crippen molar-refractivity contribution in [1.82, 2.24) is 0 Å². The summed E-state index contributed by atoms with van der Waals surface area (Å²) in [6.07, 6.45) is 4.78. The van der Waals surface area contributed by atoms with Gasteiger partial charge in [-0.15, -0.1) is 0 Å². The first kappa shape index (κ1) is 16.8. The molecule has 0 N–H and O–H groups in total. The van der Waals surface area contributed by atoms with Gasteiger partial charge in [0.25, 0.3) is 0 Å². The molecule has 2 aromatic carbocycles. The van der Waals surface area contributed by atoms with Crippen LogP contribution in [0.1, 0.15) is 36.8 Å². The molecule has 0 spiro atoms. The predicted octanol–water partition coefficient (Wildman–Crippen LogP) is 4.72. The summed E-state index contributed by atoms with van der Waals surface area (Å²) in [7, 11) is 3.37. The zero-order valence-corrected chi connectivity index (χ0v) is 15.3. The summed E-state index contributed by atoms with van der Waals surface area (Å²) in [5.41, 5.74) is 4.47. The molecule has 0 bridgehead atoms. The van der Waals surface area contributed by atoms with Crippen LogP contribution in [0.2, 0.25) is 0 Å². The van der Waals surface area contributed by atoms with Gasteiger partial charge < -0.3 is 9.47 Å². The van der Waals surface area contributed by atoms with E-state index in [4.69, 9.17) is 19.7 Å². The maximum atomic E-state index is 5.26. The molecule has 0 amide bonds. The van der Waals surface area contributed by atoms with E-state index in [1.54, 1.807) is 14.2 Å². The van der Waals surface area contributed by atoms with Crippen LogP contribution in [0.3, 0.4) is 0 Å². The minimum Gasteiger partial charge on any atom is -0.497 e. The second-order valence-electron chi connectivity index (χ2n) is 6.98. The average molecular weight is 348 g/mol. The van der Waals surface area contributed by atoms with Gasteiger partial charge in [0.15, 0.2) is 0 Å². The quantitative estimate of drug-likeness (QED) is 0.537. The molecule has 0 atom stereocenters. The third-order valence-corrected chi connectivity index (χ3v) is 4.97. The van der Waals surface area contributed by atoms with Crippen LogP contribution in [0.25, 0.3) is 0 Å². The highest BCUT2D eigenvalue weighted by Gasteiger charge is 2.31. The summed E-state index contributed by atoms with van der Waals surface area (Å²) >= 11 is 0. The van der Waals surface area contributed by atoms with Crippen LogP contribution in [0.5, 0.6) is 11.5 Å². The largest absolute Gasteiger partial charge is 0.497 e. The van der Waals surface area contributed by atoms with E-state index in [0.29, 0.717) is 11.8 Å². The van der Waals surface area contributed by atoms with Crippen LogP contribution < -0.4 is 9.47 Å². The highest BCUT2D eigenvalue weighted by molar-refractivity contribution is 6.06. The summed E-state index contributed by atoms with van der Waals surface area (Å²) in [6, 6.07) is 16.3. The van der Waals surface area contributed by atoms with E-state index in [1.165, 1.54) is 25.7 Å². The molecule has 0 aliphatic heterocycles. The first-order valence-electron chi connectivity index (χ1n) is 9.23. The lowest BCUT2D eigenvalue weighted by Crippen LogP contribution is -2.06. The Hall–Kier alpha value is -2.62. The highest BCUT2D eigenvalue weighted by atomic mass is 16.5. The van der Waals surface area contributed by atoms with Crippen molar-refractivity contribution in [3.63, 3.8) is 0 Å². The Morgan fingerprint density at radius 2 is 1.00 bits per heavy atom. The zero-order chi connectivity index (χ0) is 17.9. The Balaban J connectivity index is 1.65. The van der Waals surface area contributed by atoms with E-state index in [9.17, 15) is 0 Å². The molecule has 2 aliphatic rings. The summed E-state index contributed by atoms with van der Waals surface area (Å²) in [5, 5.41) is 9.45. The molecular weight excluding hydrogens is 324 g/mol. The standard InChI is InChI=1S/C22H24N2O2/c1-25-19-11-7-17(8-12-19)21(15-3-4-15)23-24-22(16-5-6-16)18-9-13-20(26-2)14-10-18/h7-16H,3-6H2,1-2H3. The lowest BCUT2D eigenvalue weighted by molar-refractivity contribution is 0.414. The molecule has 0 aromatic heterocycles. The van der Waals surface area contributed by atoms with E-state index in [1.807, 2.05) is 24.3 Å². The number of nitrogens with zero attached hydrogens (tertiary/aromatic N) is 2. The van der Waals surface area contributed by atoms with Crippen molar-refractivity contribution in [2.45, 2.75) is 25.7 Å². The van der Waals surface area contributed by atoms with Crippen molar-refractivity contribution >= 4 is 11.4 Å². The van der Waals surface area contributed by atoms with Gasteiger partial charge in [0.05, 0.1) is 25.6 Å². The fourth-order valence-electron chi connectivity index (χ4n) is 3.10. The topological polar surface area (TPSA) is 43.2 Å². The Bertz CT molecular complexity index is 743. The Morgan fingerprint density at radius 3 is 1.27 bits per heavy atom. The van der Waals surface area contributed by atoms with Gasteiger partial charge in [-0.3, -0.25) is 0 Å². The summed E-state index contributed by atoms with van der Waals surface area (Å²) in [5.74, 6) is 2.79. The smallest absolute Gasteiger partial charge is 0.118 e. The summed E-state index contributed by atoms with van der Waals surface area (Å²) in [6.45, 7) is 0. The average Bonchev–Trinajstić information content (AvgIpc) is 3.59. The zero-order valence-electron chi connectivity index (χ0n) is 15.3. The van der Waals surface area contributed by atoms with Crippen molar-refractivity contribution in [2.75, 3.05) is 14.2 Å². The van der Waals surface area contributed by atoms with E-state index in [-0.39, 0.29) is 0 Å². The monoisotopic (exact) mass is 348 g/mol. The van der Waals surface area contributed by atoms with Gasteiger partial charge in [-0.05, 0) is 85.3 Å². The minimum absolute atomic E-state index is 0.531. The third kappa shape index (κ3) is 3.79. The maximum Gasteiger partial charge on any atom is 0.118 e. The molecule has 4 heteroatoms. The fraction of sp³-hybridized carbons (Fsp3) is 0.364. The van der Waals surface area contributed by atoms with Crippen molar-refractivity contribution in [1.29, 1.82) is 0 Å². The van der Waals surface area contributed by atoms with Gasteiger partial charge in [0, 0.05) is 11.8 Å². The van der Waals surface area contributed by atoms with Gasteiger partial charge in [-0.25, -0.2) is 0 Å². The molecule has 4 nitrogen and oxygen atoms in total. The number of ether oxygens (including phenoxy) is 2. The number of hydrogen-bond donors (Lipinski definition) is 0. The Morgan fingerprint density at radius 1 is 0.654 bits per heavy atom. The van der Waals surface area contributed by atoms with Crippen LogP contribution in [0.4, 0.5) is 0 Å². The molecule has 4 rings (SSSR count). The SMILES string of the molecule is COc1ccc(C(=NN=C(c2ccc(OC)cc2)C2CC2)C2CC2)cc1. The molecule has 2 aromatic rings. The normalized spacial score (nSPS) is 17.9. The molecule has 0 unspecified atom stereocenters. The molecule has 2 fully saturated rings. The second-order valence-corrected chi connectivity index (χ2v) is 6.98.